The van der Waals surface area contributed by atoms with Crippen molar-refractivity contribution in [3.63, 3.8) is 0 Å². The number of halogens is 1. The summed E-state index contributed by atoms with van der Waals surface area (Å²) in [4.78, 5) is 31.2. The first kappa shape index (κ1) is 19.6. The zero-order valence-corrected chi connectivity index (χ0v) is 16.7. The third-order valence-electron chi connectivity index (χ3n) is 5.96. The lowest BCUT2D eigenvalue weighted by molar-refractivity contribution is -0.148. The number of rotatable bonds is 4. The zero-order valence-electron chi connectivity index (χ0n) is 16.7. The molecule has 2 aromatic carbocycles. The van der Waals surface area contributed by atoms with Gasteiger partial charge in [-0.2, -0.15) is 0 Å². The van der Waals surface area contributed by atoms with Crippen molar-refractivity contribution in [2.75, 3.05) is 26.2 Å². The van der Waals surface area contributed by atoms with Gasteiger partial charge in [-0.15, -0.1) is 0 Å². The van der Waals surface area contributed by atoms with Crippen molar-refractivity contribution in [1.82, 2.24) is 14.7 Å². The molecule has 0 saturated carbocycles. The van der Waals surface area contributed by atoms with Crippen molar-refractivity contribution >= 4 is 11.8 Å². The summed E-state index contributed by atoms with van der Waals surface area (Å²) in [6.07, 6.45) is 0.939. The van der Waals surface area contributed by atoms with Gasteiger partial charge in [-0.25, -0.2) is 4.39 Å². The van der Waals surface area contributed by atoms with Crippen molar-refractivity contribution in [3.8, 4) is 0 Å². The molecule has 0 bridgehead atoms. The Balaban J connectivity index is 1.35. The highest BCUT2D eigenvalue weighted by Gasteiger charge is 2.33. The predicted molar refractivity (Wildman–Crippen MR) is 108 cm³/mol. The lowest BCUT2D eigenvalue weighted by atomic mass is 9.98. The van der Waals surface area contributed by atoms with Gasteiger partial charge in [-0.3, -0.25) is 14.5 Å². The number of piperazine rings is 1. The normalized spacial score (nSPS) is 18.5. The summed E-state index contributed by atoms with van der Waals surface area (Å²) in [5.41, 5.74) is 3.39. The Kier molecular flexibility index (Phi) is 5.62. The Morgan fingerprint density at radius 1 is 1.03 bits per heavy atom. The van der Waals surface area contributed by atoms with E-state index < -0.39 is 0 Å². The summed E-state index contributed by atoms with van der Waals surface area (Å²) in [7, 11) is 0. The highest BCUT2D eigenvalue weighted by Crippen LogP contribution is 2.21. The molecule has 6 heteroatoms. The summed E-state index contributed by atoms with van der Waals surface area (Å²) in [5.74, 6) is -0.395. The maximum atomic E-state index is 13.4. The fraction of sp³-hybridized carbons (Fsp3) is 0.391. The number of benzene rings is 2. The van der Waals surface area contributed by atoms with E-state index >= 15 is 0 Å². The SMILES string of the molecule is CC(C(=O)N1CCN(Cc2cccc(F)c2)C(=O)C1)N1CCc2ccccc2C1. The van der Waals surface area contributed by atoms with E-state index in [2.05, 4.69) is 23.1 Å². The molecule has 0 spiro atoms. The molecule has 5 nitrogen and oxygen atoms in total. The second kappa shape index (κ2) is 8.33. The molecule has 0 aliphatic carbocycles. The van der Waals surface area contributed by atoms with Crippen molar-refractivity contribution in [2.24, 2.45) is 0 Å². The third-order valence-corrected chi connectivity index (χ3v) is 5.96. The molecule has 4 rings (SSSR count). The number of nitrogens with zero attached hydrogens (tertiary/aromatic N) is 3. The quantitative estimate of drug-likeness (QED) is 0.799. The van der Waals surface area contributed by atoms with Gasteiger partial charge in [0.15, 0.2) is 0 Å². The molecule has 2 aliphatic rings. The summed E-state index contributed by atoms with van der Waals surface area (Å²) in [6.45, 7) is 4.97. The van der Waals surface area contributed by atoms with Crippen LogP contribution in [0.2, 0.25) is 0 Å². The highest BCUT2D eigenvalue weighted by molar-refractivity contribution is 5.88. The van der Waals surface area contributed by atoms with Gasteiger partial charge in [0.1, 0.15) is 5.82 Å². The van der Waals surface area contributed by atoms with Crippen molar-refractivity contribution < 1.29 is 14.0 Å². The van der Waals surface area contributed by atoms with Gasteiger partial charge in [0, 0.05) is 32.7 Å². The zero-order chi connectivity index (χ0) is 20.4. The molecule has 152 valence electrons. The minimum atomic E-state index is -0.305. The van der Waals surface area contributed by atoms with Crippen LogP contribution in [0.5, 0.6) is 0 Å². The molecule has 29 heavy (non-hydrogen) atoms. The number of hydrogen-bond acceptors (Lipinski definition) is 3. The van der Waals surface area contributed by atoms with E-state index in [0.717, 1.165) is 25.1 Å². The van der Waals surface area contributed by atoms with Crippen LogP contribution in [-0.2, 0) is 29.1 Å². The lowest BCUT2D eigenvalue weighted by Gasteiger charge is -2.39. The largest absolute Gasteiger partial charge is 0.335 e. The van der Waals surface area contributed by atoms with Gasteiger partial charge in [0.2, 0.25) is 11.8 Å². The third kappa shape index (κ3) is 4.32. The molecular weight excluding hydrogens is 369 g/mol. The minimum Gasteiger partial charge on any atom is -0.335 e. The van der Waals surface area contributed by atoms with E-state index in [1.165, 1.54) is 23.3 Å². The molecule has 0 radical (unpaired) electrons. The molecule has 0 N–H and O–H groups in total. The maximum Gasteiger partial charge on any atom is 0.242 e. The Hall–Kier alpha value is -2.73. The molecule has 1 unspecified atom stereocenters. The summed E-state index contributed by atoms with van der Waals surface area (Å²) >= 11 is 0. The Morgan fingerprint density at radius 3 is 2.59 bits per heavy atom. The first-order chi connectivity index (χ1) is 14.0. The fourth-order valence-electron chi connectivity index (χ4n) is 4.19. The Morgan fingerprint density at radius 2 is 1.83 bits per heavy atom. The molecule has 1 atom stereocenters. The highest BCUT2D eigenvalue weighted by atomic mass is 19.1. The van der Waals surface area contributed by atoms with E-state index in [4.69, 9.17) is 0 Å². The van der Waals surface area contributed by atoms with E-state index in [1.807, 2.05) is 19.1 Å². The van der Waals surface area contributed by atoms with Crippen LogP contribution in [0, 0.1) is 5.82 Å². The van der Waals surface area contributed by atoms with E-state index in [9.17, 15) is 14.0 Å². The van der Waals surface area contributed by atoms with Crippen LogP contribution in [0.4, 0.5) is 4.39 Å². The Labute approximate surface area is 170 Å². The molecule has 1 saturated heterocycles. The average Bonchev–Trinajstić information content (AvgIpc) is 2.74. The molecule has 0 aromatic heterocycles. The van der Waals surface area contributed by atoms with Crippen LogP contribution in [-0.4, -0.2) is 58.7 Å². The van der Waals surface area contributed by atoms with E-state index in [0.29, 0.717) is 19.6 Å². The summed E-state index contributed by atoms with van der Waals surface area (Å²) in [5, 5.41) is 0. The van der Waals surface area contributed by atoms with Crippen molar-refractivity contribution in [3.05, 3.63) is 71.0 Å². The number of carbonyl (C=O) groups is 2. The summed E-state index contributed by atoms with van der Waals surface area (Å²) < 4.78 is 13.4. The molecule has 2 aromatic rings. The standard InChI is InChI=1S/C23H26FN3O2/c1-17(25-10-9-19-6-2-3-7-20(19)15-25)23(29)27-12-11-26(22(28)16-27)14-18-5-4-8-21(24)13-18/h2-8,13,17H,9-12,14-16H2,1H3. The first-order valence-electron chi connectivity index (χ1n) is 10.1. The van der Waals surface area contributed by atoms with Gasteiger partial charge in [-0.05, 0) is 42.2 Å². The van der Waals surface area contributed by atoms with Gasteiger partial charge >= 0.3 is 0 Å². The van der Waals surface area contributed by atoms with Crippen LogP contribution in [0.15, 0.2) is 48.5 Å². The molecule has 2 amide bonds. The molecule has 2 heterocycles. The van der Waals surface area contributed by atoms with Crippen LogP contribution in [0.25, 0.3) is 0 Å². The number of fused-ring (bicyclic) bond motifs is 1. The van der Waals surface area contributed by atoms with Gasteiger partial charge < -0.3 is 9.80 Å². The van der Waals surface area contributed by atoms with E-state index in [-0.39, 0.29) is 30.2 Å². The average molecular weight is 395 g/mol. The topological polar surface area (TPSA) is 43.9 Å². The molecule has 2 aliphatic heterocycles. The van der Waals surface area contributed by atoms with Gasteiger partial charge in [0.05, 0.1) is 12.6 Å². The van der Waals surface area contributed by atoms with Crippen molar-refractivity contribution in [2.45, 2.75) is 32.5 Å². The molecule has 1 fully saturated rings. The van der Waals surface area contributed by atoms with E-state index in [1.54, 1.807) is 15.9 Å². The number of carbonyl (C=O) groups excluding carboxylic acids is 2. The second-order valence-electron chi connectivity index (χ2n) is 7.87. The smallest absolute Gasteiger partial charge is 0.242 e. The lowest BCUT2D eigenvalue weighted by Crippen LogP contribution is -2.56. The first-order valence-corrected chi connectivity index (χ1v) is 10.1. The van der Waals surface area contributed by atoms with Crippen LogP contribution in [0.1, 0.15) is 23.6 Å². The van der Waals surface area contributed by atoms with Crippen LogP contribution in [0.3, 0.4) is 0 Å². The number of amides is 2. The Bertz CT molecular complexity index is 917. The summed E-state index contributed by atoms with van der Waals surface area (Å²) in [6, 6.07) is 14.4. The van der Waals surface area contributed by atoms with Gasteiger partial charge in [-0.1, -0.05) is 36.4 Å². The van der Waals surface area contributed by atoms with Gasteiger partial charge in [0.25, 0.3) is 0 Å². The van der Waals surface area contributed by atoms with Crippen LogP contribution >= 0.6 is 0 Å². The second-order valence-corrected chi connectivity index (χ2v) is 7.87. The maximum absolute atomic E-state index is 13.4. The predicted octanol–water partition coefficient (Wildman–Crippen LogP) is 2.44. The van der Waals surface area contributed by atoms with Crippen molar-refractivity contribution in [1.29, 1.82) is 0 Å². The monoisotopic (exact) mass is 395 g/mol. The van der Waals surface area contributed by atoms with Crippen LogP contribution < -0.4 is 0 Å². The number of hydrogen-bond donors (Lipinski definition) is 0. The fourth-order valence-corrected chi connectivity index (χ4v) is 4.19. The molecular formula is C23H26FN3O2. The minimum absolute atomic E-state index is 0.00290.